The van der Waals surface area contributed by atoms with E-state index in [4.69, 9.17) is 11.0 Å². The summed E-state index contributed by atoms with van der Waals surface area (Å²) in [4.78, 5) is 11.1. The van der Waals surface area contributed by atoms with Gasteiger partial charge < -0.3 is 10.6 Å². The van der Waals surface area contributed by atoms with Crippen molar-refractivity contribution in [3.05, 3.63) is 52.8 Å². The summed E-state index contributed by atoms with van der Waals surface area (Å²) in [5, 5.41) is 9.12. The molecule has 1 aromatic heterocycles. The number of rotatable bonds is 1. The number of hydrogen-bond acceptors (Lipinski definition) is 5. The van der Waals surface area contributed by atoms with Crippen LogP contribution in [0.15, 0.2) is 30.3 Å². The minimum absolute atomic E-state index is 0.0784. The summed E-state index contributed by atoms with van der Waals surface area (Å²) in [6, 6.07) is 12.7. The average molecular weight is 319 g/mol. The first-order chi connectivity index (χ1) is 11.6. The van der Waals surface area contributed by atoms with Crippen LogP contribution < -0.4 is 10.6 Å². The van der Waals surface area contributed by atoms with E-state index in [1.54, 1.807) is 6.07 Å². The highest BCUT2D eigenvalue weighted by Gasteiger charge is 2.46. The van der Waals surface area contributed by atoms with E-state index in [-0.39, 0.29) is 11.5 Å². The number of aromatic nitrogens is 2. The van der Waals surface area contributed by atoms with Gasteiger partial charge in [0.15, 0.2) is 0 Å². The minimum Gasteiger partial charge on any atom is -0.341 e. The predicted molar refractivity (Wildman–Crippen MR) is 92.7 cm³/mol. The van der Waals surface area contributed by atoms with Crippen LogP contribution in [0, 0.1) is 18.3 Å². The van der Waals surface area contributed by atoms with Gasteiger partial charge in [-0.25, -0.2) is 9.97 Å². The van der Waals surface area contributed by atoms with Crippen molar-refractivity contribution in [1.29, 1.82) is 5.26 Å². The molecule has 2 heterocycles. The van der Waals surface area contributed by atoms with Crippen LogP contribution in [0.1, 0.15) is 35.4 Å². The fourth-order valence-electron chi connectivity index (χ4n) is 4.31. The molecule has 0 unspecified atom stereocenters. The number of hydrogen-bond donors (Lipinski definition) is 1. The van der Waals surface area contributed by atoms with Gasteiger partial charge >= 0.3 is 0 Å². The molecule has 2 N–H and O–H groups in total. The Morgan fingerprint density at radius 3 is 2.75 bits per heavy atom. The lowest BCUT2D eigenvalue weighted by molar-refractivity contribution is 0.291. The summed E-state index contributed by atoms with van der Waals surface area (Å²) < 4.78 is 0. The van der Waals surface area contributed by atoms with Crippen molar-refractivity contribution in [1.82, 2.24) is 9.97 Å². The topological polar surface area (TPSA) is 78.8 Å². The Kier molecular flexibility index (Phi) is 3.50. The van der Waals surface area contributed by atoms with Crippen LogP contribution in [-0.4, -0.2) is 29.1 Å². The van der Waals surface area contributed by atoms with Crippen LogP contribution in [0.3, 0.4) is 0 Å². The molecule has 1 atom stereocenters. The quantitative estimate of drug-likeness (QED) is 0.870. The first kappa shape index (κ1) is 15.1. The molecule has 0 bridgehead atoms. The molecule has 2 aliphatic rings. The van der Waals surface area contributed by atoms with Crippen LogP contribution in [0.25, 0.3) is 0 Å². The Bertz CT molecular complexity index is 815. The Morgan fingerprint density at radius 1 is 1.25 bits per heavy atom. The van der Waals surface area contributed by atoms with Gasteiger partial charge in [-0.05, 0) is 43.4 Å². The van der Waals surface area contributed by atoms with Gasteiger partial charge in [0.25, 0.3) is 0 Å². The molecule has 4 rings (SSSR count). The van der Waals surface area contributed by atoms with E-state index in [0.717, 1.165) is 38.0 Å². The fraction of sp³-hybridized carbons (Fsp3) is 0.421. The molecular weight excluding hydrogens is 298 g/mol. The number of piperidine rings is 1. The van der Waals surface area contributed by atoms with Gasteiger partial charge in [-0.2, -0.15) is 5.26 Å². The highest BCUT2D eigenvalue weighted by atomic mass is 15.3. The molecule has 0 saturated carbocycles. The minimum atomic E-state index is 0.0784. The number of anilines is 1. The maximum absolute atomic E-state index is 9.12. The normalized spacial score (nSPS) is 21.5. The number of aryl methyl sites for hydroxylation is 1. The summed E-state index contributed by atoms with van der Waals surface area (Å²) in [5.41, 5.74) is 10.7. The van der Waals surface area contributed by atoms with Crippen molar-refractivity contribution < 1.29 is 0 Å². The van der Waals surface area contributed by atoms with E-state index >= 15 is 0 Å². The second-order valence-electron chi connectivity index (χ2n) is 6.92. The molecule has 24 heavy (non-hydrogen) atoms. The Hall–Kier alpha value is -2.45. The van der Waals surface area contributed by atoms with Gasteiger partial charge in [-0.3, -0.25) is 0 Å². The van der Waals surface area contributed by atoms with E-state index in [0.29, 0.717) is 11.6 Å². The molecule has 0 amide bonds. The van der Waals surface area contributed by atoms with E-state index in [9.17, 15) is 0 Å². The predicted octanol–water partition coefficient (Wildman–Crippen LogP) is 2.08. The molecule has 1 saturated heterocycles. The average Bonchev–Trinajstić information content (AvgIpc) is 2.87. The summed E-state index contributed by atoms with van der Waals surface area (Å²) >= 11 is 0. The Labute approximate surface area is 142 Å². The van der Waals surface area contributed by atoms with Crippen LogP contribution in [0.5, 0.6) is 0 Å². The van der Waals surface area contributed by atoms with Crippen molar-refractivity contribution in [2.24, 2.45) is 5.73 Å². The van der Waals surface area contributed by atoms with E-state index in [1.165, 1.54) is 11.1 Å². The third-order valence-electron chi connectivity index (χ3n) is 5.60. The number of benzene rings is 1. The van der Waals surface area contributed by atoms with Crippen LogP contribution in [0.4, 0.5) is 5.95 Å². The Balaban J connectivity index is 1.60. The lowest BCUT2D eigenvalue weighted by Crippen LogP contribution is -2.51. The van der Waals surface area contributed by atoms with Crippen molar-refractivity contribution in [2.75, 3.05) is 18.0 Å². The van der Waals surface area contributed by atoms with Crippen LogP contribution >= 0.6 is 0 Å². The molecule has 5 heteroatoms. The zero-order valence-corrected chi connectivity index (χ0v) is 13.9. The SMILES string of the molecule is Cc1cc(C#N)nc(N2CCC3(CC2)c2ccccc2C[C@H]3N)n1. The molecule has 5 nitrogen and oxygen atoms in total. The highest BCUT2D eigenvalue weighted by Crippen LogP contribution is 2.45. The van der Waals surface area contributed by atoms with Gasteiger partial charge in [-0.15, -0.1) is 0 Å². The lowest BCUT2D eigenvalue weighted by Gasteiger charge is -2.42. The molecule has 1 aliphatic carbocycles. The zero-order chi connectivity index (χ0) is 16.7. The largest absolute Gasteiger partial charge is 0.341 e. The molecule has 1 fully saturated rings. The highest BCUT2D eigenvalue weighted by molar-refractivity contribution is 5.45. The molecule has 122 valence electrons. The van der Waals surface area contributed by atoms with E-state index in [1.807, 2.05) is 6.92 Å². The number of fused-ring (bicyclic) bond motifs is 2. The summed E-state index contributed by atoms with van der Waals surface area (Å²) in [5.74, 6) is 0.668. The van der Waals surface area contributed by atoms with Gasteiger partial charge in [-0.1, -0.05) is 24.3 Å². The van der Waals surface area contributed by atoms with Gasteiger partial charge in [0, 0.05) is 30.2 Å². The second-order valence-corrected chi connectivity index (χ2v) is 6.92. The summed E-state index contributed by atoms with van der Waals surface area (Å²) in [6.07, 6.45) is 2.98. The second kappa shape index (κ2) is 5.57. The van der Waals surface area contributed by atoms with Crippen LogP contribution in [0.2, 0.25) is 0 Å². The molecule has 0 radical (unpaired) electrons. The summed E-state index contributed by atoms with van der Waals surface area (Å²) in [7, 11) is 0. The van der Waals surface area contributed by atoms with Gasteiger partial charge in [0.2, 0.25) is 5.95 Å². The molecule has 1 aromatic carbocycles. The third kappa shape index (κ3) is 2.26. The summed E-state index contributed by atoms with van der Waals surface area (Å²) in [6.45, 7) is 3.65. The molecule has 1 aliphatic heterocycles. The molecule has 1 spiro atoms. The maximum Gasteiger partial charge on any atom is 0.226 e. The molecule has 2 aromatic rings. The van der Waals surface area contributed by atoms with Crippen molar-refractivity contribution in [3.63, 3.8) is 0 Å². The van der Waals surface area contributed by atoms with Crippen molar-refractivity contribution >= 4 is 5.95 Å². The van der Waals surface area contributed by atoms with Crippen molar-refractivity contribution in [3.8, 4) is 6.07 Å². The number of nitriles is 1. The number of nitrogens with zero attached hydrogens (tertiary/aromatic N) is 4. The third-order valence-corrected chi connectivity index (χ3v) is 5.60. The fourth-order valence-corrected chi connectivity index (χ4v) is 4.31. The smallest absolute Gasteiger partial charge is 0.226 e. The van der Waals surface area contributed by atoms with Gasteiger partial charge in [0.1, 0.15) is 11.8 Å². The van der Waals surface area contributed by atoms with Crippen molar-refractivity contribution in [2.45, 2.75) is 37.6 Å². The van der Waals surface area contributed by atoms with E-state index < -0.39 is 0 Å². The van der Waals surface area contributed by atoms with Gasteiger partial charge in [0.05, 0.1) is 0 Å². The first-order valence-corrected chi connectivity index (χ1v) is 8.47. The molecular formula is C19H21N5. The Morgan fingerprint density at radius 2 is 2.00 bits per heavy atom. The zero-order valence-electron chi connectivity index (χ0n) is 13.9. The lowest BCUT2D eigenvalue weighted by atomic mass is 9.71. The maximum atomic E-state index is 9.12. The number of nitrogens with two attached hydrogens (primary N) is 1. The van der Waals surface area contributed by atoms with Crippen LogP contribution in [-0.2, 0) is 11.8 Å². The first-order valence-electron chi connectivity index (χ1n) is 8.47. The monoisotopic (exact) mass is 319 g/mol. The van der Waals surface area contributed by atoms with E-state index in [2.05, 4.69) is 45.2 Å². The standard InChI is InChI=1S/C19H21N5/c1-13-10-15(12-20)23-18(22-13)24-8-6-19(7-9-24)16-5-3-2-4-14(16)11-17(19)21/h2-5,10,17H,6-9,11,21H2,1H3/t17-/m1/s1.